The van der Waals surface area contributed by atoms with Crippen molar-refractivity contribution in [3.63, 3.8) is 0 Å². The number of nitrogens with two attached hydrogens (primary N) is 1. The van der Waals surface area contributed by atoms with Crippen LogP contribution in [0.5, 0.6) is 0 Å². The number of amides is 2. The molecule has 0 aromatic heterocycles. The molecule has 11 heteroatoms. The number of nitrogens with zero attached hydrogens (tertiary/aromatic N) is 2. The van der Waals surface area contributed by atoms with Gasteiger partial charge in [-0.1, -0.05) is 23.9 Å². The van der Waals surface area contributed by atoms with E-state index in [0.717, 1.165) is 4.47 Å². The molecule has 30 heavy (non-hydrogen) atoms. The van der Waals surface area contributed by atoms with Gasteiger partial charge in [0.2, 0.25) is 21.8 Å². The number of sulfonamides is 1. The lowest BCUT2D eigenvalue weighted by Crippen LogP contribution is -2.33. The molecule has 158 valence electrons. The van der Waals surface area contributed by atoms with Crippen molar-refractivity contribution in [3.8, 4) is 0 Å². The summed E-state index contributed by atoms with van der Waals surface area (Å²) in [5, 5.41) is 7.77. The van der Waals surface area contributed by atoms with Crippen LogP contribution in [0, 0.1) is 0 Å². The zero-order valence-electron chi connectivity index (χ0n) is 15.9. The number of carbonyl (C=O) groups is 2. The van der Waals surface area contributed by atoms with Crippen molar-refractivity contribution in [2.45, 2.75) is 23.5 Å². The van der Waals surface area contributed by atoms with Gasteiger partial charge < -0.3 is 5.32 Å². The average Bonchev–Trinajstić information content (AvgIpc) is 2.97. The van der Waals surface area contributed by atoms with Crippen LogP contribution in [0.4, 0.5) is 11.4 Å². The van der Waals surface area contributed by atoms with Crippen LogP contribution in [0.3, 0.4) is 0 Å². The summed E-state index contributed by atoms with van der Waals surface area (Å²) >= 11 is 4.58. The minimum Gasteiger partial charge on any atom is -0.325 e. The number of nitrogens with one attached hydrogen (secondary N) is 1. The number of carbonyl (C=O) groups excluding carboxylic acids is 2. The maximum absolute atomic E-state index is 12.7. The summed E-state index contributed by atoms with van der Waals surface area (Å²) in [6.45, 7) is 2.23. The van der Waals surface area contributed by atoms with Crippen molar-refractivity contribution < 1.29 is 18.0 Å². The van der Waals surface area contributed by atoms with Gasteiger partial charge in [0.15, 0.2) is 5.17 Å². The average molecular weight is 511 g/mol. The molecule has 0 bridgehead atoms. The number of para-hydroxylation sites is 1. The fourth-order valence-electron chi connectivity index (χ4n) is 2.77. The zero-order chi connectivity index (χ0) is 21.9. The van der Waals surface area contributed by atoms with Crippen LogP contribution < -0.4 is 10.5 Å². The molecular weight excluding hydrogens is 492 g/mol. The second-order valence-electron chi connectivity index (χ2n) is 6.35. The molecular formula is C19H19BrN4O4S2. The minimum atomic E-state index is -3.79. The van der Waals surface area contributed by atoms with E-state index in [-0.39, 0.29) is 23.1 Å². The second-order valence-corrected chi connectivity index (χ2v) is 9.94. The zero-order valence-corrected chi connectivity index (χ0v) is 19.1. The Morgan fingerprint density at radius 1 is 1.23 bits per heavy atom. The minimum absolute atomic E-state index is 0.00467. The van der Waals surface area contributed by atoms with E-state index in [0.29, 0.717) is 23.1 Å². The van der Waals surface area contributed by atoms with E-state index >= 15 is 0 Å². The van der Waals surface area contributed by atoms with E-state index in [2.05, 4.69) is 26.2 Å². The van der Waals surface area contributed by atoms with Crippen LogP contribution in [0.2, 0.25) is 0 Å². The monoisotopic (exact) mass is 510 g/mol. The molecule has 0 aliphatic carbocycles. The molecule has 1 atom stereocenters. The first-order valence-corrected chi connectivity index (χ1v) is 12.1. The number of rotatable bonds is 6. The molecule has 0 spiro atoms. The standard InChI is InChI=1S/C19H19BrN4O4S2/c1-2-24-18(26)16(11-17(25)23-15-6-4-3-5-14(15)20)29-19(24)22-12-7-9-13(10-8-12)30(21,27)28/h3-10,16H,2,11H2,1H3,(H,23,25)(H2,21,27,28). The fraction of sp³-hybridized carbons (Fsp3) is 0.211. The Morgan fingerprint density at radius 3 is 2.50 bits per heavy atom. The number of benzene rings is 2. The first-order chi connectivity index (χ1) is 14.2. The fourth-order valence-corrected chi connectivity index (χ4v) is 4.89. The normalized spacial score (nSPS) is 18.1. The molecule has 3 rings (SSSR count). The molecule has 2 aromatic rings. The molecule has 1 aliphatic rings. The predicted octanol–water partition coefficient (Wildman–Crippen LogP) is 3.08. The van der Waals surface area contributed by atoms with Crippen molar-refractivity contribution in [3.05, 3.63) is 53.0 Å². The lowest BCUT2D eigenvalue weighted by atomic mass is 10.2. The van der Waals surface area contributed by atoms with Gasteiger partial charge in [-0.25, -0.2) is 18.5 Å². The highest BCUT2D eigenvalue weighted by molar-refractivity contribution is 9.10. The Morgan fingerprint density at radius 2 is 1.90 bits per heavy atom. The van der Waals surface area contributed by atoms with Gasteiger partial charge in [-0.15, -0.1) is 0 Å². The van der Waals surface area contributed by atoms with Crippen molar-refractivity contribution in [1.82, 2.24) is 4.90 Å². The molecule has 0 radical (unpaired) electrons. The summed E-state index contributed by atoms with van der Waals surface area (Å²) in [6.07, 6.45) is 0.00467. The van der Waals surface area contributed by atoms with Gasteiger partial charge in [0, 0.05) is 17.4 Å². The number of amidine groups is 1. The number of anilines is 1. The van der Waals surface area contributed by atoms with E-state index < -0.39 is 15.3 Å². The van der Waals surface area contributed by atoms with Crippen molar-refractivity contribution >= 4 is 66.1 Å². The van der Waals surface area contributed by atoms with Gasteiger partial charge >= 0.3 is 0 Å². The summed E-state index contributed by atoms with van der Waals surface area (Å²) in [5.74, 6) is -0.466. The molecule has 8 nitrogen and oxygen atoms in total. The molecule has 2 amide bonds. The van der Waals surface area contributed by atoms with E-state index in [4.69, 9.17) is 5.14 Å². The van der Waals surface area contributed by atoms with Gasteiger partial charge in [-0.2, -0.15) is 0 Å². The molecule has 1 fully saturated rings. The number of hydrogen-bond donors (Lipinski definition) is 2. The first kappa shape index (κ1) is 22.5. The number of aliphatic imine (C=N–C) groups is 1. The Kier molecular flexibility index (Phi) is 6.96. The Balaban J connectivity index is 1.73. The molecule has 1 saturated heterocycles. The summed E-state index contributed by atoms with van der Waals surface area (Å²) in [5.41, 5.74) is 1.11. The highest BCUT2D eigenvalue weighted by atomic mass is 79.9. The van der Waals surface area contributed by atoms with Crippen molar-refractivity contribution in [2.75, 3.05) is 11.9 Å². The quantitative estimate of drug-likeness (QED) is 0.618. The highest BCUT2D eigenvalue weighted by Crippen LogP contribution is 2.32. The predicted molar refractivity (Wildman–Crippen MR) is 121 cm³/mol. The molecule has 1 aliphatic heterocycles. The summed E-state index contributed by atoms with van der Waals surface area (Å²) < 4.78 is 23.5. The van der Waals surface area contributed by atoms with Gasteiger partial charge in [-0.3, -0.25) is 14.5 Å². The van der Waals surface area contributed by atoms with E-state index in [1.165, 1.54) is 40.9 Å². The van der Waals surface area contributed by atoms with Crippen LogP contribution in [0.15, 0.2) is 62.9 Å². The van der Waals surface area contributed by atoms with Crippen LogP contribution in [0.1, 0.15) is 13.3 Å². The molecule has 2 aromatic carbocycles. The third kappa shape index (κ3) is 5.28. The lowest BCUT2D eigenvalue weighted by molar-refractivity contribution is -0.128. The summed E-state index contributed by atoms with van der Waals surface area (Å²) in [7, 11) is -3.79. The number of halogens is 1. The molecule has 1 unspecified atom stereocenters. The summed E-state index contributed by atoms with van der Waals surface area (Å²) in [6, 6.07) is 13.0. The third-order valence-electron chi connectivity index (χ3n) is 4.25. The Bertz CT molecular complexity index is 1100. The molecule has 1 heterocycles. The highest BCUT2D eigenvalue weighted by Gasteiger charge is 2.38. The smallest absolute Gasteiger partial charge is 0.242 e. The van der Waals surface area contributed by atoms with Crippen LogP contribution >= 0.6 is 27.7 Å². The topological polar surface area (TPSA) is 122 Å². The molecule has 3 N–H and O–H groups in total. The van der Waals surface area contributed by atoms with Crippen LogP contribution in [0.25, 0.3) is 0 Å². The Hall–Kier alpha value is -2.21. The lowest BCUT2D eigenvalue weighted by Gasteiger charge is -2.13. The van der Waals surface area contributed by atoms with Crippen LogP contribution in [-0.4, -0.2) is 42.1 Å². The SMILES string of the molecule is CCN1C(=O)C(CC(=O)Nc2ccccc2Br)SC1=Nc1ccc(S(N)(=O)=O)cc1. The second kappa shape index (κ2) is 9.29. The van der Waals surface area contributed by atoms with E-state index in [9.17, 15) is 18.0 Å². The van der Waals surface area contributed by atoms with Gasteiger partial charge in [0.25, 0.3) is 0 Å². The van der Waals surface area contributed by atoms with Crippen molar-refractivity contribution in [1.29, 1.82) is 0 Å². The van der Waals surface area contributed by atoms with Crippen molar-refractivity contribution in [2.24, 2.45) is 10.1 Å². The Labute approximate surface area is 187 Å². The van der Waals surface area contributed by atoms with Gasteiger partial charge in [0.05, 0.1) is 16.3 Å². The van der Waals surface area contributed by atoms with Gasteiger partial charge in [0.1, 0.15) is 5.25 Å². The third-order valence-corrected chi connectivity index (χ3v) is 7.04. The number of hydrogen-bond acceptors (Lipinski definition) is 6. The summed E-state index contributed by atoms with van der Waals surface area (Å²) in [4.78, 5) is 31.1. The first-order valence-electron chi connectivity index (χ1n) is 8.93. The van der Waals surface area contributed by atoms with E-state index in [1.54, 1.807) is 12.1 Å². The largest absolute Gasteiger partial charge is 0.325 e. The molecule has 0 saturated carbocycles. The van der Waals surface area contributed by atoms with E-state index in [1.807, 2.05) is 19.1 Å². The van der Waals surface area contributed by atoms with Gasteiger partial charge in [-0.05, 0) is 59.3 Å². The number of primary sulfonamides is 1. The maximum atomic E-state index is 12.7. The number of thioether (sulfide) groups is 1. The van der Waals surface area contributed by atoms with Crippen LogP contribution in [-0.2, 0) is 19.6 Å². The maximum Gasteiger partial charge on any atom is 0.242 e.